The zero-order valence-corrected chi connectivity index (χ0v) is 15.3. The number of thioether (sulfide) groups is 1. The molecule has 0 spiro atoms. The normalized spacial score (nSPS) is 12.0. The van der Waals surface area contributed by atoms with Gasteiger partial charge in [0, 0.05) is 10.6 Å². The molecule has 26 heavy (non-hydrogen) atoms. The average molecular weight is 379 g/mol. The van der Waals surface area contributed by atoms with Crippen LogP contribution in [0.1, 0.15) is 16.4 Å². The number of benzene rings is 3. The first-order chi connectivity index (χ1) is 12.8. The van der Waals surface area contributed by atoms with Gasteiger partial charge in [-0.1, -0.05) is 84.0 Å². The van der Waals surface area contributed by atoms with E-state index >= 15 is 0 Å². The maximum atomic E-state index is 6.05. The van der Waals surface area contributed by atoms with Gasteiger partial charge in [0.1, 0.15) is 0 Å². The van der Waals surface area contributed by atoms with Crippen molar-refractivity contribution in [2.75, 3.05) is 0 Å². The molecule has 0 fully saturated rings. The summed E-state index contributed by atoms with van der Waals surface area (Å²) in [4.78, 5) is 0. The summed E-state index contributed by atoms with van der Waals surface area (Å²) < 4.78 is 5.88. The number of hydrogen-bond donors (Lipinski definition) is 0. The molecule has 0 aliphatic rings. The van der Waals surface area contributed by atoms with Crippen LogP contribution in [0.4, 0.5) is 0 Å². The molecule has 0 radical (unpaired) electrons. The molecular weight excluding hydrogens is 364 g/mol. The monoisotopic (exact) mass is 378 g/mol. The minimum Gasteiger partial charge on any atom is -0.411 e. The van der Waals surface area contributed by atoms with Gasteiger partial charge in [-0.15, -0.1) is 10.2 Å². The van der Waals surface area contributed by atoms with Crippen LogP contribution < -0.4 is 0 Å². The van der Waals surface area contributed by atoms with E-state index in [2.05, 4.69) is 22.3 Å². The molecule has 0 aliphatic carbocycles. The molecule has 0 N–H and O–H groups in total. The van der Waals surface area contributed by atoms with Crippen LogP contribution in [0.15, 0.2) is 94.6 Å². The van der Waals surface area contributed by atoms with E-state index in [4.69, 9.17) is 16.0 Å². The molecule has 3 nitrogen and oxygen atoms in total. The third kappa shape index (κ3) is 3.82. The molecule has 0 bridgehead atoms. The van der Waals surface area contributed by atoms with Crippen LogP contribution in [0.2, 0.25) is 5.02 Å². The second-order valence-corrected chi connectivity index (χ2v) is 7.19. The topological polar surface area (TPSA) is 38.9 Å². The van der Waals surface area contributed by atoms with Gasteiger partial charge in [-0.2, -0.15) is 0 Å². The second-order valence-electron chi connectivity index (χ2n) is 5.70. The molecule has 128 valence electrons. The van der Waals surface area contributed by atoms with Gasteiger partial charge < -0.3 is 4.42 Å². The van der Waals surface area contributed by atoms with Crippen molar-refractivity contribution in [1.82, 2.24) is 10.2 Å². The van der Waals surface area contributed by atoms with Crippen molar-refractivity contribution >= 4 is 23.4 Å². The third-order valence-corrected chi connectivity index (χ3v) is 5.32. The van der Waals surface area contributed by atoms with Crippen LogP contribution in [0, 0.1) is 0 Å². The number of rotatable bonds is 5. The highest BCUT2D eigenvalue weighted by Crippen LogP contribution is 2.40. The lowest BCUT2D eigenvalue weighted by Crippen LogP contribution is -1.96. The SMILES string of the molecule is Clc1ccc([C@H](Sc2nnc(-c3ccccc3)o2)c2ccccc2)cc1. The lowest BCUT2D eigenvalue weighted by molar-refractivity contribution is 0.465. The Hall–Kier alpha value is -2.56. The van der Waals surface area contributed by atoms with E-state index in [1.165, 1.54) is 17.3 Å². The summed E-state index contributed by atoms with van der Waals surface area (Å²) in [5.74, 6) is 0.524. The molecule has 1 heterocycles. The minimum atomic E-state index is 0.0394. The second kappa shape index (κ2) is 7.77. The predicted molar refractivity (Wildman–Crippen MR) is 105 cm³/mol. The number of nitrogens with zero attached hydrogens (tertiary/aromatic N) is 2. The largest absolute Gasteiger partial charge is 0.411 e. The van der Waals surface area contributed by atoms with Crippen LogP contribution in [0.25, 0.3) is 11.5 Å². The van der Waals surface area contributed by atoms with Crippen molar-refractivity contribution in [1.29, 1.82) is 0 Å². The fourth-order valence-electron chi connectivity index (χ4n) is 2.65. The van der Waals surface area contributed by atoms with E-state index in [1.54, 1.807) is 0 Å². The molecule has 0 saturated heterocycles. The third-order valence-electron chi connectivity index (χ3n) is 3.92. The van der Waals surface area contributed by atoms with Crippen molar-refractivity contribution in [3.05, 3.63) is 101 Å². The van der Waals surface area contributed by atoms with Crippen LogP contribution >= 0.6 is 23.4 Å². The Morgan fingerprint density at radius 3 is 2.04 bits per heavy atom. The highest BCUT2D eigenvalue weighted by atomic mass is 35.5. The molecule has 4 rings (SSSR count). The maximum Gasteiger partial charge on any atom is 0.277 e. The first-order valence-electron chi connectivity index (χ1n) is 8.15. The van der Waals surface area contributed by atoms with Gasteiger partial charge in [-0.05, 0) is 35.4 Å². The summed E-state index contributed by atoms with van der Waals surface area (Å²) in [5.41, 5.74) is 3.21. The Morgan fingerprint density at radius 2 is 1.35 bits per heavy atom. The van der Waals surface area contributed by atoms with E-state index in [9.17, 15) is 0 Å². The van der Waals surface area contributed by atoms with Gasteiger partial charge >= 0.3 is 0 Å². The lowest BCUT2D eigenvalue weighted by Gasteiger charge is -2.15. The molecular formula is C21H15ClN2OS. The fourth-order valence-corrected chi connectivity index (χ4v) is 3.78. The maximum absolute atomic E-state index is 6.05. The van der Waals surface area contributed by atoms with Crippen molar-refractivity contribution in [2.45, 2.75) is 10.5 Å². The van der Waals surface area contributed by atoms with Gasteiger partial charge in [0.15, 0.2) is 0 Å². The fraction of sp³-hybridized carbons (Fsp3) is 0.0476. The molecule has 4 aromatic rings. The number of hydrogen-bond acceptors (Lipinski definition) is 4. The summed E-state index contributed by atoms with van der Waals surface area (Å²) in [7, 11) is 0. The van der Waals surface area contributed by atoms with Crippen molar-refractivity contribution in [2.24, 2.45) is 0 Å². The smallest absolute Gasteiger partial charge is 0.277 e. The Bertz CT molecular complexity index is 972. The highest BCUT2D eigenvalue weighted by molar-refractivity contribution is 7.99. The summed E-state index contributed by atoms with van der Waals surface area (Å²) in [6.45, 7) is 0. The molecule has 5 heteroatoms. The van der Waals surface area contributed by atoms with Gasteiger partial charge in [0.05, 0.1) is 5.25 Å². The van der Waals surface area contributed by atoms with E-state index in [0.717, 1.165) is 16.1 Å². The number of aromatic nitrogens is 2. The van der Waals surface area contributed by atoms with Gasteiger partial charge in [0.25, 0.3) is 5.22 Å². The molecule has 3 aromatic carbocycles. The molecule has 1 atom stereocenters. The Labute approximate surface area is 161 Å². The van der Waals surface area contributed by atoms with E-state index in [-0.39, 0.29) is 5.25 Å². The first-order valence-corrected chi connectivity index (χ1v) is 9.41. The summed E-state index contributed by atoms with van der Waals surface area (Å²) in [5, 5.41) is 9.70. The van der Waals surface area contributed by atoms with Gasteiger partial charge in [0.2, 0.25) is 5.89 Å². The zero-order valence-electron chi connectivity index (χ0n) is 13.7. The quantitative estimate of drug-likeness (QED) is 0.383. The average Bonchev–Trinajstić information content (AvgIpc) is 3.17. The van der Waals surface area contributed by atoms with Gasteiger partial charge in [-0.3, -0.25) is 0 Å². The van der Waals surface area contributed by atoms with Crippen molar-refractivity contribution in [3.8, 4) is 11.5 Å². The molecule has 0 aliphatic heterocycles. The molecule has 1 aromatic heterocycles. The van der Waals surface area contributed by atoms with Crippen LogP contribution in [0.3, 0.4) is 0 Å². The van der Waals surface area contributed by atoms with E-state index < -0.39 is 0 Å². The Balaban J connectivity index is 1.65. The molecule has 0 unspecified atom stereocenters. The van der Waals surface area contributed by atoms with Crippen LogP contribution in [-0.2, 0) is 0 Å². The standard InChI is InChI=1S/C21H15ClN2OS/c22-18-13-11-16(12-14-18)19(15-7-3-1-4-8-15)26-21-24-23-20(25-21)17-9-5-2-6-10-17/h1-14,19H/t19-/m1/s1. The summed E-state index contributed by atoms with van der Waals surface area (Å²) >= 11 is 7.58. The Morgan fingerprint density at radius 1 is 0.731 bits per heavy atom. The van der Waals surface area contributed by atoms with Crippen LogP contribution in [-0.4, -0.2) is 10.2 Å². The van der Waals surface area contributed by atoms with Crippen LogP contribution in [0.5, 0.6) is 0 Å². The van der Waals surface area contributed by atoms with Crippen molar-refractivity contribution in [3.63, 3.8) is 0 Å². The van der Waals surface area contributed by atoms with Crippen molar-refractivity contribution < 1.29 is 4.42 Å². The summed E-state index contributed by atoms with van der Waals surface area (Å²) in [6.07, 6.45) is 0. The zero-order chi connectivity index (χ0) is 17.8. The first kappa shape index (κ1) is 16.9. The lowest BCUT2D eigenvalue weighted by atomic mass is 10.0. The van der Waals surface area contributed by atoms with E-state index in [0.29, 0.717) is 11.1 Å². The van der Waals surface area contributed by atoms with Gasteiger partial charge in [-0.25, -0.2) is 0 Å². The van der Waals surface area contributed by atoms with E-state index in [1.807, 2.05) is 72.8 Å². The number of halogens is 1. The molecule has 0 saturated carbocycles. The highest BCUT2D eigenvalue weighted by Gasteiger charge is 2.19. The Kier molecular flexibility index (Phi) is 5.04. The predicted octanol–water partition coefficient (Wildman–Crippen LogP) is 6.27. The molecule has 0 amide bonds. The summed E-state index contributed by atoms with van der Waals surface area (Å²) in [6, 6.07) is 27.9. The minimum absolute atomic E-state index is 0.0394.